The van der Waals surface area contributed by atoms with Crippen LogP contribution in [0.5, 0.6) is 0 Å². The van der Waals surface area contributed by atoms with Crippen LogP contribution in [0.15, 0.2) is 17.5 Å². The van der Waals surface area contributed by atoms with Crippen molar-refractivity contribution in [1.82, 2.24) is 5.32 Å². The molecular weight excluding hydrogens is 314 g/mol. The fourth-order valence-corrected chi connectivity index (χ4v) is 3.97. The van der Waals surface area contributed by atoms with Gasteiger partial charge >= 0.3 is 5.97 Å². The van der Waals surface area contributed by atoms with E-state index in [-0.39, 0.29) is 12.0 Å². The lowest BCUT2D eigenvalue weighted by molar-refractivity contribution is -0.194. The first kappa shape index (κ1) is 17.9. The Balaban J connectivity index is 1.92. The number of rotatable bonds is 8. The molecular formula is C17H25NO4S. The van der Waals surface area contributed by atoms with Gasteiger partial charge < -0.3 is 15.2 Å². The summed E-state index contributed by atoms with van der Waals surface area (Å²) in [5.74, 6) is -1.18. The average Bonchev–Trinajstić information content (AvgIpc) is 2.98. The van der Waals surface area contributed by atoms with Crippen LogP contribution in [0.25, 0.3) is 0 Å². The van der Waals surface area contributed by atoms with Gasteiger partial charge in [-0.15, -0.1) is 11.3 Å². The lowest BCUT2D eigenvalue weighted by Crippen LogP contribution is -2.76. The molecule has 0 aliphatic heterocycles. The van der Waals surface area contributed by atoms with Crippen molar-refractivity contribution < 1.29 is 19.4 Å². The molecule has 0 spiro atoms. The second-order valence-electron chi connectivity index (χ2n) is 6.56. The molecule has 128 valence electrons. The van der Waals surface area contributed by atoms with Gasteiger partial charge in [-0.25, -0.2) is 4.79 Å². The maximum absolute atomic E-state index is 12.2. The summed E-state index contributed by atoms with van der Waals surface area (Å²) in [6.45, 7) is 6.12. The first-order chi connectivity index (χ1) is 10.8. The first-order valence-corrected chi connectivity index (χ1v) is 8.90. The summed E-state index contributed by atoms with van der Waals surface area (Å²) >= 11 is 1.67. The Morgan fingerprint density at radius 2 is 2.22 bits per heavy atom. The van der Waals surface area contributed by atoms with Crippen LogP contribution < -0.4 is 5.32 Å². The van der Waals surface area contributed by atoms with Crippen LogP contribution in [-0.2, 0) is 20.7 Å². The van der Waals surface area contributed by atoms with E-state index in [0.29, 0.717) is 19.4 Å². The SMILES string of the molecule is CCOC1CC(NC(=O)CCCc2cccs2)(C(=O)O)C1(C)C. The molecule has 0 bridgehead atoms. The molecule has 1 heterocycles. The number of aliphatic carboxylic acids is 1. The molecule has 2 rings (SSSR count). The second-order valence-corrected chi connectivity index (χ2v) is 7.59. The Bertz CT molecular complexity index is 555. The molecule has 6 heteroatoms. The van der Waals surface area contributed by atoms with E-state index >= 15 is 0 Å². The van der Waals surface area contributed by atoms with Crippen LogP contribution >= 0.6 is 11.3 Å². The van der Waals surface area contributed by atoms with Crippen LogP contribution in [0.4, 0.5) is 0 Å². The molecule has 5 nitrogen and oxygen atoms in total. The van der Waals surface area contributed by atoms with Crippen molar-refractivity contribution in [3.05, 3.63) is 22.4 Å². The van der Waals surface area contributed by atoms with E-state index in [2.05, 4.69) is 5.32 Å². The van der Waals surface area contributed by atoms with Gasteiger partial charge in [0, 0.05) is 29.7 Å². The van der Waals surface area contributed by atoms with Crippen molar-refractivity contribution in [2.24, 2.45) is 5.41 Å². The van der Waals surface area contributed by atoms with Crippen LogP contribution in [0, 0.1) is 5.41 Å². The number of nitrogens with one attached hydrogen (secondary N) is 1. The third-order valence-electron chi connectivity index (χ3n) is 4.89. The van der Waals surface area contributed by atoms with Gasteiger partial charge in [-0.2, -0.15) is 0 Å². The van der Waals surface area contributed by atoms with E-state index in [1.165, 1.54) is 4.88 Å². The molecule has 0 saturated heterocycles. The first-order valence-electron chi connectivity index (χ1n) is 8.02. The summed E-state index contributed by atoms with van der Waals surface area (Å²) in [6.07, 6.45) is 2.07. The molecule has 1 aliphatic carbocycles. The number of aryl methyl sites for hydroxylation is 1. The van der Waals surface area contributed by atoms with Crippen LogP contribution in [0.2, 0.25) is 0 Å². The Kier molecular flexibility index (Phi) is 5.47. The third-order valence-corrected chi connectivity index (χ3v) is 5.83. The second kappa shape index (κ2) is 7.01. The maximum atomic E-state index is 12.2. The van der Waals surface area contributed by atoms with Crippen molar-refractivity contribution in [1.29, 1.82) is 0 Å². The Morgan fingerprint density at radius 1 is 1.48 bits per heavy atom. The molecule has 0 radical (unpaired) electrons. The maximum Gasteiger partial charge on any atom is 0.330 e. The zero-order valence-corrected chi connectivity index (χ0v) is 14.7. The molecule has 2 N–H and O–H groups in total. The number of hydrogen-bond donors (Lipinski definition) is 2. The number of carboxylic acid groups (broad SMARTS) is 1. The fraction of sp³-hybridized carbons (Fsp3) is 0.647. The molecule has 23 heavy (non-hydrogen) atoms. The number of ether oxygens (including phenoxy) is 1. The van der Waals surface area contributed by atoms with Crippen LogP contribution in [0.3, 0.4) is 0 Å². The smallest absolute Gasteiger partial charge is 0.330 e. The number of hydrogen-bond acceptors (Lipinski definition) is 4. The lowest BCUT2D eigenvalue weighted by atomic mass is 9.54. The van der Waals surface area contributed by atoms with Gasteiger partial charge in [0.15, 0.2) is 0 Å². The van der Waals surface area contributed by atoms with Gasteiger partial charge in [0.25, 0.3) is 0 Å². The van der Waals surface area contributed by atoms with Gasteiger partial charge in [-0.1, -0.05) is 19.9 Å². The van der Waals surface area contributed by atoms with Crippen molar-refractivity contribution in [2.75, 3.05) is 6.61 Å². The minimum absolute atomic E-state index is 0.144. The Labute approximate surface area is 141 Å². The van der Waals surface area contributed by atoms with Crippen LogP contribution in [-0.4, -0.2) is 35.2 Å². The predicted octanol–water partition coefficient (Wildman–Crippen LogP) is 2.85. The quantitative estimate of drug-likeness (QED) is 0.763. The summed E-state index contributed by atoms with van der Waals surface area (Å²) in [5.41, 5.74) is -1.86. The summed E-state index contributed by atoms with van der Waals surface area (Å²) in [7, 11) is 0. The van der Waals surface area contributed by atoms with E-state index in [0.717, 1.165) is 12.8 Å². The summed E-state index contributed by atoms with van der Waals surface area (Å²) in [5, 5.41) is 14.4. The molecule has 1 aliphatic rings. The number of carbonyl (C=O) groups excluding carboxylic acids is 1. The van der Waals surface area contributed by atoms with E-state index < -0.39 is 16.9 Å². The molecule has 1 fully saturated rings. The zero-order valence-electron chi connectivity index (χ0n) is 13.9. The van der Waals surface area contributed by atoms with Gasteiger partial charge in [-0.05, 0) is 31.2 Å². The van der Waals surface area contributed by atoms with Crippen LogP contribution in [0.1, 0.15) is 44.9 Å². The van der Waals surface area contributed by atoms with E-state index in [1.54, 1.807) is 11.3 Å². The van der Waals surface area contributed by atoms with Gasteiger partial charge in [0.1, 0.15) is 5.54 Å². The molecule has 1 saturated carbocycles. The molecule has 1 aromatic rings. The highest BCUT2D eigenvalue weighted by Crippen LogP contribution is 2.51. The average molecular weight is 339 g/mol. The highest BCUT2D eigenvalue weighted by molar-refractivity contribution is 7.09. The minimum Gasteiger partial charge on any atom is -0.479 e. The Hall–Kier alpha value is -1.40. The normalized spacial score (nSPS) is 25.6. The number of thiophene rings is 1. The van der Waals surface area contributed by atoms with Crippen molar-refractivity contribution in [3.8, 4) is 0 Å². The summed E-state index contributed by atoms with van der Waals surface area (Å²) in [4.78, 5) is 25.3. The third kappa shape index (κ3) is 3.43. The minimum atomic E-state index is -1.23. The van der Waals surface area contributed by atoms with E-state index in [9.17, 15) is 14.7 Å². The largest absolute Gasteiger partial charge is 0.479 e. The predicted molar refractivity (Wildman–Crippen MR) is 89.6 cm³/mol. The summed E-state index contributed by atoms with van der Waals surface area (Å²) in [6, 6.07) is 4.04. The van der Waals surface area contributed by atoms with Crippen molar-refractivity contribution >= 4 is 23.2 Å². The molecule has 1 aromatic heterocycles. The number of carboxylic acids is 1. The zero-order chi connectivity index (χ0) is 17.1. The van der Waals surface area contributed by atoms with Gasteiger partial charge in [-0.3, -0.25) is 4.79 Å². The van der Waals surface area contributed by atoms with Gasteiger partial charge in [0.2, 0.25) is 5.91 Å². The summed E-state index contributed by atoms with van der Waals surface area (Å²) < 4.78 is 5.60. The fourth-order valence-electron chi connectivity index (χ4n) is 3.22. The number of amides is 1. The molecule has 1 amide bonds. The molecule has 2 atom stereocenters. The standard InChI is InChI=1S/C17H25NO4S/c1-4-22-13-11-17(15(20)21,16(13,2)3)18-14(19)9-5-7-12-8-6-10-23-12/h6,8,10,13H,4-5,7,9,11H2,1-3H3,(H,18,19)(H,20,21). The van der Waals surface area contributed by atoms with Gasteiger partial charge in [0.05, 0.1) is 6.10 Å². The Morgan fingerprint density at radius 3 is 2.74 bits per heavy atom. The highest BCUT2D eigenvalue weighted by atomic mass is 32.1. The van der Waals surface area contributed by atoms with Crippen molar-refractivity contribution in [2.45, 2.75) is 58.1 Å². The number of carbonyl (C=O) groups is 2. The lowest BCUT2D eigenvalue weighted by Gasteiger charge is -2.58. The van der Waals surface area contributed by atoms with Crippen molar-refractivity contribution in [3.63, 3.8) is 0 Å². The van der Waals surface area contributed by atoms with E-state index in [1.807, 2.05) is 38.3 Å². The molecule has 0 aromatic carbocycles. The monoisotopic (exact) mass is 339 g/mol. The van der Waals surface area contributed by atoms with E-state index in [4.69, 9.17) is 4.74 Å². The topological polar surface area (TPSA) is 75.6 Å². The molecule has 2 unspecified atom stereocenters. The highest BCUT2D eigenvalue weighted by Gasteiger charge is 2.66.